The van der Waals surface area contributed by atoms with E-state index in [0.29, 0.717) is 6.42 Å². The van der Waals surface area contributed by atoms with Crippen molar-refractivity contribution < 1.29 is 0 Å². The van der Waals surface area contributed by atoms with Gasteiger partial charge >= 0.3 is 0 Å². The van der Waals surface area contributed by atoms with Gasteiger partial charge in [0.15, 0.2) is 0 Å². The van der Waals surface area contributed by atoms with Crippen LogP contribution in [0.25, 0.3) is 17.2 Å². The molecule has 4 heteroatoms. The largest absolute Gasteiger partial charge is 0.357 e. The van der Waals surface area contributed by atoms with Gasteiger partial charge in [0.2, 0.25) is 0 Å². The second kappa shape index (κ2) is 20.7. The highest BCUT2D eigenvalue weighted by Crippen LogP contribution is 2.25. The van der Waals surface area contributed by atoms with E-state index in [4.69, 9.17) is 11.6 Å². The Labute approximate surface area is 250 Å². The normalized spacial score (nSPS) is 11.0. The molecule has 2 aromatic rings. The molecule has 0 aliphatic rings. The van der Waals surface area contributed by atoms with Gasteiger partial charge in [-0.05, 0) is 95.2 Å². The summed E-state index contributed by atoms with van der Waals surface area (Å²) in [4.78, 5) is 12.6. The van der Waals surface area contributed by atoms with Gasteiger partial charge in [0.05, 0.1) is 16.4 Å². The third kappa shape index (κ3) is 12.8. The van der Waals surface area contributed by atoms with Crippen LogP contribution in [0.1, 0.15) is 100 Å². The standard InChI is InChI=1S/C24H30ClN3.C9H14.C2H6.CH4/c1-9-19-23(25)22(14(2)3)20(28-19)11-17(8)10-18-12-21(27-16(6)7)24(15(4)5)26-13-18;1-4-7-8-9(5-2)6-3;1-2;/h11-13,28H,4,8-10H2,1-3,5-7H3;4-5,7-8H,2,6H2,1,3H3;1-2H3;1H4/b20-11+;7-4-,9-8+;;. The van der Waals surface area contributed by atoms with Crippen LogP contribution in [0, 0.1) is 0 Å². The number of pyridine rings is 1. The van der Waals surface area contributed by atoms with Crippen LogP contribution in [0.5, 0.6) is 0 Å². The van der Waals surface area contributed by atoms with Crippen molar-refractivity contribution in [3.8, 4) is 0 Å². The number of aromatic amines is 1. The maximum Gasteiger partial charge on any atom is 0.0909 e. The summed E-state index contributed by atoms with van der Waals surface area (Å²) in [5.41, 5.74) is 9.15. The van der Waals surface area contributed by atoms with E-state index >= 15 is 0 Å². The molecule has 2 rings (SSSR count). The molecule has 2 heterocycles. The molecule has 0 unspecified atom stereocenters. The third-order valence-corrected chi connectivity index (χ3v) is 5.94. The lowest BCUT2D eigenvalue weighted by Gasteiger charge is -2.08. The SMILES string of the molecule is C.C=C(/C=c1/[nH]c(CC)c(Cl)c1=C(C)C)Cc1cnc(C(=C)C)c(N=C(C)C)c1.C=C/C(=C\C=C/C)CC.CC. The van der Waals surface area contributed by atoms with Gasteiger partial charge in [-0.15, -0.1) is 0 Å². The fourth-order valence-corrected chi connectivity index (χ4v) is 4.18. The quantitative estimate of drug-likeness (QED) is 0.239. The molecule has 0 fully saturated rings. The fourth-order valence-electron chi connectivity index (χ4n) is 3.70. The van der Waals surface area contributed by atoms with Gasteiger partial charge in [-0.25, -0.2) is 0 Å². The van der Waals surface area contributed by atoms with Crippen molar-refractivity contribution in [3.05, 3.63) is 100.0 Å². The van der Waals surface area contributed by atoms with Crippen molar-refractivity contribution in [1.82, 2.24) is 9.97 Å². The average Bonchev–Trinajstić information content (AvgIpc) is 3.20. The first-order chi connectivity index (χ1) is 18.5. The number of H-pyrrole nitrogens is 1. The lowest BCUT2D eigenvalue weighted by molar-refractivity contribution is 1.05. The second-order valence-corrected chi connectivity index (χ2v) is 9.79. The van der Waals surface area contributed by atoms with E-state index in [1.807, 2.05) is 66.0 Å². The average molecular weight is 564 g/mol. The van der Waals surface area contributed by atoms with Crippen LogP contribution in [0.2, 0.25) is 5.02 Å². The van der Waals surface area contributed by atoms with Crippen LogP contribution in [-0.4, -0.2) is 15.7 Å². The summed E-state index contributed by atoms with van der Waals surface area (Å²) in [5.74, 6) is 0. The molecule has 0 bridgehead atoms. The smallest absolute Gasteiger partial charge is 0.0909 e. The molecule has 0 aromatic carbocycles. The minimum absolute atomic E-state index is 0. The highest BCUT2D eigenvalue weighted by Gasteiger charge is 2.09. The number of hydrogen-bond donors (Lipinski definition) is 1. The van der Waals surface area contributed by atoms with E-state index in [1.54, 1.807) is 0 Å². The van der Waals surface area contributed by atoms with Crippen LogP contribution >= 0.6 is 11.6 Å². The lowest BCUT2D eigenvalue weighted by Crippen LogP contribution is -2.25. The Morgan fingerprint density at radius 2 is 1.73 bits per heavy atom. The number of allylic oxidation sites excluding steroid dienone is 7. The molecular formula is C36H54ClN3. The van der Waals surface area contributed by atoms with Crippen molar-refractivity contribution in [2.75, 3.05) is 0 Å². The van der Waals surface area contributed by atoms with Crippen LogP contribution in [0.3, 0.4) is 0 Å². The Morgan fingerprint density at radius 1 is 1.10 bits per heavy atom. The molecule has 0 atom stereocenters. The summed E-state index contributed by atoms with van der Waals surface area (Å²) in [7, 11) is 0. The Balaban J connectivity index is 0. The van der Waals surface area contributed by atoms with E-state index in [1.165, 1.54) is 11.1 Å². The van der Waals surface area contributed by atoms with E-state index in [2.05, 4.69) is 80.6 Å². The minimum atomic E-state index is 0. The van der Waals surface area contributed by atoms with Crippen LogP contribution in [0.4, 0.5) is 5.69 Å². The zero-order valence-corrected chi connectivity index (χ0v) is 26.8. The summed E-state index contributed by atoms with van der Waals surface area (Å²) < 4.78 is 0. The molecule has 2 aromatic heterocycles. The van der Waals surface area contributed by atoms with Crippen molar-refractivity contribution >= 4 is 40.2 Å². The molecule has 220 valence electrons. The van der Waals surface area contributed by atoms with E-state index < -0.39 is 0 Å². The Hall–Kier alpha value is -3.17. The summed E-state index contributed by atoms with van der Waals surface area (Å²) >= 11 is 6.55. The summed E-state index contributed by atoms with van der Waals surface area (Å²) in [6.07, 6.45) is 14.6. The highest BCUT2D eigenvalue weighted by molar-refractivity contribution is 6.31. The van der Waals surface area contributed by atoms with Gasteiger partial charge in [0.1, 0.15) is 0 Å². The van der Waals surface area contributed by atoms with Crippen molar-refractivity contribution in [1.29, 1.82) is 0 Å². The van der Waals surface area contributed by atoms with E-state index in [0.717, 1.165) is 67.9 Å². The molecular weight excluding hydrogens is 510 g/mol. The molecule has 0 amide bonds. The predicted molar refractivity (Wildman–Crippen MR) is 185 cm³/mol. The molecule has 0 aliphatic heterocycles. The summed E-state index contributed by atoms with van der Waals surface area (Å²) in [6, 6.07) is 2.07. The minimum Gasteiger partial charge on any atom is -0.357 e. The first-order valence-corrected chi connectivity index (χ1v) is 14.2. The monoisotopic (exact) mass is 563 g/mol. The molecule has 0 saturated heterocycles. The van der Waals surface area contributed by atoms with E-state index in [-0.39, 0.29) is 7.43 Å². The number of rotatable bonds is 9. The Bertz CT molecular complexity index is 1320. The van der Waals surface area contributed by atoms with Crippen LogP contribution in [0.15, 0.2) is 72.4 Å². The summed E-state index contributed by atoms with van der Waals surface area (Å²) in [5, 5.41) is 2.90. The molecule has 0 radical (unpaired) electrons. The Kier molecular flexibility index (Phi) is 20.2. The van der Waals surface area contributed by atoms with Crippen LogP contribution in [-0.2, 0) is 12.8 Å². The number of aryl methyl sites for hydroxylation is 1. The number of nitrogens with zero attached hydrogens (tertiary/aromatic N) is 2. The van der Waals surface area contributed by atoms with Gasteiger partial charge < -0.3 is 4.98 Å². The zero-order chi connectivity index (χ0) is 30.1. The van der Waals surface area contributed by atoms with Gasteiger partial charge in [-0.1, -0.05) is 96.3 Å². The van der Waals surface area contributed by atoms with Crippen LogP contribution < -0.4 is 10.6 Å². The Morgan fingerprint density at radius 3 is 2.17 bits per heavy atom. The number of nitrogens with one attached hydrogen (secondary N) is 1. The summed E-state index contributed by atoms with van der Waals surface area (Å²) in [6.45, 7) is 32.2. The highest BCUT2D eigenvalue weighted by atomic mass is 35.5. The lowest BCUT2D eigenvalue weighted by atomic mass is 10.0. The number of aromatic nitrogens is 2. The third-order valence-electron chi connectivity index (χ3n) is 5.52. The van der Waals surface area contributed by atoms with Crippen molar-refractivity contribution in [2.45, 2.75) is 95.9 Å². The van der Waals surface area contributed by atoms with Gasteiger partial charge in [-0.3, -0.25) is 9.98 Å². The molecule has 0 spiro atoms. The molecule has 3 nitrogen and oxygen atoms in total. The zero-order valence-electron chi connectivity index (χ0n) is 26.1. The molecule has 0 aliphatic carbocycles. The first kappa shape index (κ1) is 39.0. The fraction of sp³-hybridized carbons (Fsp3) is 0.389. The number of aliphatic imine (C=N–C) groups is 1. The van der Waals surface area contributed by atoms with Gasteiger partial charge in [0.25, 0.3) is 0 Å². The molecule has 0 saturated carbocycles. The van der Waals surface area contributed by atoms with Gasteiger partial charge in [0, 0.05) is 28.2 Å². The maximum absolute atomic E-state index is 6.55. The number of hydrogen-bond acceptors (Lipinski definition) is 2. The molecule has 40 heavy (non-hydrogen) atoms. The second-order valence-electron chi connectivity index (χ2n) is 9.41. The number of halogens is 1. The van der Waals surface area contributed by atoms with Crippen molar-refractivity contribution in [2.24, 2.45) is 4.99 Å². The van der Waals surface area contributed by atoms with Gasteiger partial charge in [-0.2, -0.15) is 0 Å². The first-order valence-electron chi connectivity index (χ1n) is 13.8. The maximum atomic E-state index is 6.55. The van der Waals surface area contributed by atoms with Crippen molar-refractivity contribution in [3.63, 3.8) is 0 Å². The van der Waals surface area contributed by atoms with E-state index in [9.17, 15) is 0 Å². The topological polar surface area (TPSA) is 41.0 Å². The predicted octanol–water partition coefficient (Wildman–Crippen LogP) is 10.3. The molecule has 1 N–H and O–H groups in total.